The van der Waals surface area contributed by atoms with Crippen molar-refractivity contribution < 1.29 is 19.2 Å². The van der Waals surface area contributed by atoms with Crippen LogP contribution in [0.2, 0.25) is 5.02 Å². The predicted molar refractivity (Wildman–Crippen MR) is 127 cm³/mol. The molecule has 0 saturated carbocycles. The van der Waals surface area contributed by atoms with Gasteiger partial charge in [-0.25, -0.2) is 0 Å². The number of halogens is 1. The largest absolute Gasteiger partial charge is 0.497 e. The van der Waals surface area contributed by atoms with Crippen molar-refractivity contribution in [3.63, 3.8) is 0 Å². The topological polar surface area (TPSA) is 114 Å². The smallest absolute Gasteiger partial charge is 0.270 e. The summed E-state index contributed by atoms with van der Waals surface area (Å²) >= 11 is 6.06. The molecule has 178 valence electrons. The van der Waals surface area contributed by atoms with Crippen LogP contribution >= 0.6 is 11.6 Å². The molecule has 2 aromatic rings. The predicted octanol–water partition coefficient (Wildman–Crippen LogP) is 3.43. The summed E-state index contributed by atoms with van der Waals surface area (Å²) in [5.74, 6) is -0.412. The van der Waals surface area contributed by atoms with Crippen LogP contribution in [-0.2, 0) is 4.79 Å². The lowest BCUT2D eigenvalue weighted by atomic mass is 10.0. The number of nitrogens with one attached hydrogen (secondary N) is 2. The Morgan fingerprint density at radius 1 is 1.18 bits per heavy atom. The monoisotopic (exact) mass is 476 g/mol. The number of nitro groups is 1. The Hall–Kier alpha value is -3.17. The van der Waals surface area contributed by atoms with Crippen LogP contribution in [0.3, 0.4) is 0 Å². The number of non-ortho nitro benzene ring substituents is 1. The Balaban J connectivity index is 2.12. The van der Waals surface area contributed by atoms with Gasteiger partial charge in [0.15, 0.2) is 0 Å². The highest BCUT2D eigenvalue weighted by Crippen LogP contribution is 2.24. The van der Waals surface area contributed by atoms with Crippen LogP contribution in [0, 0.1) is 16.0 Å². The zero-order valence-electron chi connectivity index (χ0n) is 19.3. The maximum Gasteiger partial charge on any atom is 0.270 e. The lowest BCUT2D eigenvalue weighted by molar-refractivity contribution is -0.384. The molecule has 0 fully saturated rings. The molecule has 0 saturated heterocycles. The van der Waals surface area contributed by atoms with Crippen LogP contribution in [0.4, 0.5) is 5.69 Å². The molecule has 0 aliphatic heterocycles. The van der Waals surface area contributed by atoms with Gasteiger partial charge in [0.25, 0.3) is 11.6 Å². The number of methoxy groups -OCH3 is 1. The third-order valence-corrected chi connectivity index (χ3v) is 5.53. The summed E-state index contributed by atoms with van der Waals surface area (Å²) in [6.07, 6.45) is 0. The SMILES string of the molecule is COc1cccc(C(CNC(=O)C(NC(=O)c2ccc([N+](=O)[O-])cc2Cl)C(C)C)N(C)C)c1. The van der Waals surface area contributed by atoms with E-state index in [1.165, 1.54) is 12.1 Å². The third kappa shape index (κ3) is 6.90. The molecule has 10 heteroatoms. The highest BCUT2D eigenvalue weighted by atomic mass is 35.5. The first-order valence-corrected chi connectivity index (χ1v) is 10.8. The average molecular weight is 477 g/mol. The second-order valence-electron chi connectivity index (χ2n) is 8.12. The van der Waals surface area contributed by atoms with Crippen LogP contribution in [0.1, 0.15) is 35.8 Å². The lowest BCUT2D eigenvalue weighted by Crippen LogP contribution is -2.51. The Kier molecular flexibility index (Phi) is 9.19. The molecule has 2 amide bonds. The first-order chi connectivity index (χ1) is 15.5. The van der Waals surface area contributed by atoms with Gasteiger partial charge in [-0.05, 0) is 43.8 Å². The normalized spacial score (nSPS) is 12.8. The molecule has 2 unspecified atom stereocenters. The first-order valence-electron chi connectivity index (χ1n) is 10.4. The summed E-state index contributed by atoms with van der Waals surface area (Å²) in [6, 6.07) is 10.2. The van der Waals surface area contributed by atoms with Gasteiger partial charge in [0.1, 0.15) is 11.8 Å². The molecule has 0 aliphatic rings. The molecule has 0 radical (unpaired) electrons. The van der Waals surface area contributed by atoms with Gasteiger partial charge in [-0.15, -0.1) is 0 Å². The summed E-state index contributed by atoms with van der Waals surface area (Å²) in [6.45, 7) is 3.94. The second kappa shape index (κ2) is 11.6. The van der Waals surface area contributed by atoms with Gasteiger partial charge in [-0.2, -0.15) is 0 Å². The van der Waals surface area contributed by atoms with Gasteiger partial charge < -0.3 is 20.3 Å². The number of likely N-dealkylation sites (N-methyl/N-ethyl adjacent to an activating group) is 1. The van der Waals surface area contributed by atoms with E-state index in [1.54, 1.807) is 7.11 Å². The molecule has 0 bridgehead atoms. The molecular formula is C23H29ClN4O5. The number of hydrogen-bond donors (Lipinski definition) is 2. The number of amides is 2. The maximum absolute atomic E-state index is 13.0. The number of nitrogens with zero attached hydrogens (tertiary/aromatic N) is 2. The zero-order chi connectivity index (χ0) is 24.7. The molecule has 0 aromatic heterocycles. The fourth-order valence-electron chi connectivity index (χ4n) is 3.31. The van der Waals surface area contributed by atoms with Gasteiger partial charge in [0.05, 0.1) is 28.7 Å². The summed E-state index contributed by atoms with van der Waals surface area (Å²) in [4.78, 5) is 38.0. The molecule has 2 N–H and O–H groups in total. The van der Waals surface area contributed by atoms with Crippen molar-refractivity contribution in [2.45, 2.75) is 25.9 Å². The molecular weight excluding hydrogens is 448 g/mol. The van der Waals surface area contributed by atoms with E-state index in [2.05, 4.69) is 10.6 Å². The molecule has 33 heavy (non-hydrogen) atoms. The minimum atomic E-state index is -0.822. The van der Waals surface area contributed by atoms with Crippen LogP contribution in [-0.4, -0.2) is 55.4 Å². The number of ether oxygens (including phenoxy) is 1. The number of nitro benzene ring substituents is 1. The van der Waals surface area contributed by atoms with Crippen LogP contribution < -0.4 is 15.4 Å². The molecule has 2 rings (SSSR count). The lowest BCUT2D eigenvalue weighted by Gasteiger charge is -2.27. The first kappa shape index (κ1) is 26.1. The molecule has 0 heterocycles. The fraction of sp³-hybridized carbons (Fsp3) is 0.391. The zero-order valence-corrected chi connectivity index (χ0v) is 20.1. The van der Waals surface area contributed by atoms with E-state index >= 15 is 0 Å². The van der Waals surface area contributed by atoms with Crippen molar-refractivity contribution in [3.05, 3.63) is 68.7 Å². The van der Waals surface area contributed by atoms with Crippen LogP contribution in [0.15, 0.2) is 42.5 Å². The molecule has 2 atom stereocenters. The Labute approximate surface area is 198 Å². The van der Waals surface area contributed by atoms with E-state index in [0.717, 1.165) is 17.4 Å². The third-order valence-electron chi connectivity index (χ3n) is 5.22. The van der Waals surface area contributed by atoms with Gasteiger partial charge in [0, 0.05) is 18.7 Å². The van der Waals surface area contributed by atoms with Crippen LogP contribution in [0.25, 0.3) is 0 Å². The van der Waals surface area contributed by atoms with E-state index in [-0.39, 0.29) is 34.1 Å². The van der Waals surface area contributed by atoms with Crippen LogP contribution in [0.5, 0.6) is 5.75 Å². The van der Waals surface area contributed by atoms with Gasteiger partial charge in [-0.1, -0.05) is 37.6 Å². The Bertz CT molecular complexity index is 1010. The average Bonchev–Trinajstić information content (AvgIpc) is 2.76. The quantitative estimate of drug-likeness (QED) is 0.401. The van der Waals surface area contributed by atoms with Gasteiger partial charge in [0.2, 0.25) is 5.91 Å². The standard InChI is InChI=1S/C23H29ClN4O5/c1-14(2)21(26-22(29)18-10-9-16(28(31)32)12-19(18)24)23(30)25-13-20(27(3)4)15-7-6-8-17(11-15)33-5/h6-12,14,20-21H,13H2,1-5H3,(H,25,30)(H,26,29). The summed E-state index contributed by atoms with van der Waals surface area (Å²) in [5, 5.41) is 16.4. The number of benzene rings is 2. The Morgan fingerprint density at radius 3 is 2.42 bits per heavy atom. The van der Waals surface area contributed by atoms with Crippen molar-refractivity contribution in [1.29, 1.82) is 0 Å². The minimum Gasteiger partial charge on any atom is -0.497 e. The van der Waals surface area contributed by atoms with Gasteiger partial charge in [-0.3, -0.25) is 19.7 Å². The fourth-order valence-corrected chi connectivity index (χ4v) is 3.57. The number of hydrogen-bond acceptors (Lipinski definition) is 6. The number of carbonyl (C=O) groups excluding carboxylic acids is 2. The van der Waals surface area contributed by atoms with E-state index in [4.69, 9.17) is 16.3 Å². The minimum absolute atomic E-state index is 0.0586. The van der Waals surface area contributed by atoms with Gasteiger partial charge >= 0.3 is 0 Å². The van der Waals surface area contributed by atoms with Crippen molar-refractivity contribution in [3.8, 4) is 5.75 Å². The van der Waals surface area contributed by atoms with Crippen molar-refractivity contribution >= 4 is 29.1 Å². The second-order valence-corrected chi connectivity index (χ2v) is 8.52. The number of carbonyl (C=O) groups is 2. The van der Waals surface area contributed by atoms with E-state index in [0.29, 0.717) is 6.54 Å². The molecule has 0 aliphatic carbocycles. The van der Waals surface area contributed by atoms with E-state index in [1.807, 2.05) is 57.1 Å². The number of rotatable bonds is 10. The van der Waals surface area contributed by atoms with E-state index < -0.39 is 16.9 Å². The molecule has 2 aromatic carbocycles. The highest BCUT2D eigenvalue weighted by Gasteiger charge is 2.27. The Morgan fingerprint density at radius 2 is 1.88 bits per heavy atom. The summed E-state index contributed by atoms with van der Waals surface area (Å²) < 4.78 is 5.29. The molecule has 0 spiro atoms. The summed E-state index contributed by atoms with van der Waals surface area (Å²) in [5.41, 5.74) is 0.813. The van der Waals surface area contributed by atoms with Crippen molar-refractivity contribution in [2.75, 3.05) is 27.7 Å². The maximum atomic E-state index is 13.0. The van der Waals surface area contributed by atoms with Crippen molar-refractivity contribution in [1.82, 2.24) is 15.5 Å². The highest BCUT2D eigenvalue weighted by molar-refractivity contribution is 6.34. The van der Waals surface area contributed by atoms with Crippen molar-refractivity contribution in [2.24, 2.45) is 5.92 Å². The molecule has 9 nitrogen and oxygen atoms in total. The summed E-state index contributed by atoms with van der Waals surface area (Å²) in [7, 11) is 5.42. The van der Waals surface area contributed by atoms with E-state index in [9.17, 15) is 19.7 Å².